The first kappa shape index (κ1) is 14.4. The van der Waals surface area contributed by atoms with Crippen molar-refractivity contribution in [2.75, 3.05) is 6.54 Å². The van der Waals surface area contributed by atoms with Crippen LogP contribution in [0.2, 0.25) is 0 Å². The summed E-state index contributed by atoms with van der Waals surface area (Å²) in [6, 6.07) is 5.50. The summed E-state index contributed by atoms with van der Waals surface area (Å²) in [5.74, 6) is -0.872. The Morgan fingerprint density at radius 2 is 2.17 bits per heavy atom. The third-order valence-electron chi connectivity index (χ3n) is 2.19. The van der Waals surface area contributed by atoms with Crippen LogP contribution in [-0.2, 0) is 11.2 Å². The highest BCUT2D eigenvalue weighted by atomic mass is 35.5. The molecule has 0 saturated carbocycles. The normalized spacial score (nSPS) is 11.7. The van der Waals surface area contributed by atoms with Gasteiger partial charge in [0.15, 0.2) is 0 Å². The summed E-state index contributed by atoms with van der Waals surface area (Å²) in [5, 5.41) is 3.80. The van der Waals surface area contributed by atoms with E-state index < -0.39 is 17.3 Å². The molecule has 0 aliphatic heterocycles. The van der Waals surface area contributed by atoms with Gasteiger partial charge in [-0.1, -0.05) is 12.1 Å². The molecule has 0 aliphatic carbocycles. The topological polar surface area (TPSA) is 58.2 Å². The molecule has 1 rings (SSSR count). The average molecular weight is 273 g/mol. The van der Waals surface area contributed by atoms with E-state index in [4.69, 9.17) is 11.6 Å². The number of rotatable bonds is 4. The first-order valence-electron chi connectivity index (χ1n) is 5.46. The van der Waals surface area contributed by atoms with Crippen LogP contribution in [0.15, 0.2) is 24.3 Å². The van der Waals surface area contributed by atoms with Gasteiger partial charge in [0.1, 0.15) is 11.2 Å². The van der Waals surface area contributed by atoms with E-state index in [0.717, 1.165) is 5.56 Å². The van der Waals surface area contributed by atoms with Gasteiger partial charge in [0.05, 0.1) is 0 Å². The second-order valence-corrected chi connectivity index (χ2v) is 4.40. The molecule has 0 heterocycles. The van der Waals surface area contributed by atoms with Gasteiger partial charge in [0.2, 0.25) is 5.91 Å². The average Bonchev–Trinajstić information content (AvgIpc) is 2.28. The summed E-state index contributed by atoms with van der Waals surface area (Å²) in [6.45, 7) is 1.77. The molecule has 0 radical (unpaired) electrons. The molecule has 0 aliphatic rings. The summed E-state index contributed by atoms with van der Waals surface area (Å²) >= 11 is 5.49. The van der Waals surface area contributed by atoms with Crippen LogP contribution in [0, 0.1) is 5.82 Å². The van der Waals surface area contributed by atoms with E-state index in [9.17, 15) is 14.0 Å². The van der Waals surface area contributed by atoms with Crippen molar-refractivity contribution in [3.05, 3.63) is 35.6 Å². The SMILES string of the molecule is CC(Cl)C(=O)NC(=O)NCCc1cccc(F)c1. The monoisotopic (exact) mass is 272 g/mol. The molecular formula is C12H14ClFN2O2. The van der Waals surface area contributed by atoms with Gasteiger partial charge < -0.3 is 5.32 Å². The molecule has 6 heteroatoms. The van der Waals surface area contributed by atoms with E-state index in [-0.39, 0.29) is 5.82 Å². The van der Waals surface area contributed by atoms with Crippen LogP contribution in [0.4, 0.5) is 9.18 Å². The van der Waals surface area contributed by atoms with E-state index in [1.54, 1.807) is 12.1 Å². The Bertz CT molecular complexity index is 438. The number of carbonyl (C=O) groups is 2. The summed E-state index contributed by atoms with van der Waals surface area (Å²) in [6.07, 6.45) is 0.482. The highest BCUT2D eigenvalue weighted by Crippen LogP contribution is 2.03. The van der Waals surface area contributed by atoms with Gasteiger partial charge in [-0.25, -0.2) is 9.18 Å². The van der Waals surface area contributed by atoms with Gasteiger partial charge in [-0.2, -0.15) is 0 Å². The Kier molecular flexibility index (Phi) is 5.58. The molecule has 1 aromatic carbocycles. The van der Waals surface area contributed by atoms with Gasteiger partial charge in [0, 0.05) is 6.54 Å². The smallest absolute Gasteiger partial charge is 0.321 e. The maximum absolute atomic E-state index is 12.9. The van der Waals surface area contributed by atoms with Crippen LogP contribution < -0.4 is 10.6 Å². The molecule has 0 bridgehead atoms. The lowest BCUT2D eigenvalue weighted by molar-refractivity contribution is -0.119. The lowest BCUT2D eigenvalue weighted by Gasteiger charge is -2.07. The minimum Gasteiger partial charge on any atom is -0.337 e. The highest BCUT2D eigenvalue weighted by Gasteiger charge is 2.12. The zero-order valence-electron chi connectivity index (χ0n) is 9.87. The van der Waals surface area contributed by atoms with Gasteiger partial charge >= 0.3 is 6.03 Å². The van der Waals surface area contributed by atoms with E-state index in [1.165, 1.54) is 19.1 Å². The van der Waals surface area contributed by atoms with Crippen LogP contribution in [0.5, 0.6) is 0 Å². The zero-order chi connectivity index (χ0) is 13.5. The van der Waals surface area contributed by atoms with Gasteiger partial charge in [-0.15, -0.1) is 11.6 Å². The molecule has 1 aromatic rings. The van der Waals surface area contributed by atoms with E-state index in [2.05, 4.69) is 10.6 Å². The number of nitrogens with one attached hydrogen (secondary N) is 2. The van der Waals surface area contributed by atoms with Crippen LogP contribution in [-0.4, -0.2) is 23.9 Å². The second kappa shape index (κ2) is 6.96. The standard InChI is InChI=1S/C12H14ClFN2O2/c1-8(13)11(17)16-12(18)15-6-5-9-3-2-4-10(14)7-9/h2-4,7-8H,5-6H2,1H3,(H2,15,16,17,18). The molecule has 18 heavy (non-hydrogen) atoms. The number of carbonyl (C=O) groups excluding carboxylic acids is 2. The molecule has 3 amide bonds. The highest BCUT2D eigenvalue weighted by molar-refractivity contribution is 6.31. The lowest BCUT2D eigenvalue weighted by Crippen LogP contribution is -2.42. The van der Waals surface area contributed by atoms with Crippen molar-refractivity contribution in [1.29, 1.82) is 0 Å². The van der Waals surface area contributed by atoms with Gasteiger partial charge in [-0.05, 0) is 31.0 Å². The molecule has 0 aromatic heterocycles. The maximum atomic E-state index is 12.9. The van der Waals surface area contributed by atoms with Gasteiger partial charge in [0.25, 0.3) is 0 Å². The summed E-state index contributed by atoms with van der Waals surface area (Å²) in [7, 11) is 0. The predicted molar refractivity (Wildman–Crippen MR) is 67.0 cm³/mol. The van der Waals surface area contributed by atoms with Crippen molar-refractivity contribution in [2.45, 2.75) is 18.7 Å². The number of halogens is 2. The molecule has 1 atom stereocenters. The molecule has 98 valence electrons. The summed E-state index contributed by atoms with van der Waals surface area (Å²) in [4.78, 5) is 22.3. The van der Waals surface area contributed by atoms with Crippen LogP contribution in [0.25, 0.3) is 0 Å². The van der Waals surface area contributed by atoms with Gasteiger partial charge in [-0.3, -0.25) is 10.1 Å². The Morgan fingerprint density at radius 3 is 2.78 bits per heavy atom. The van der Waals surface area contributed by atoms with Crippen LogP contribution >= 0.6 is 11.6 Å². The zero-order valence-corrected chi connectivity index (χ0v) is 10.6. The molecule has 1 unspecified atom stereocenters. The Morgan fingerprint density at radius 1 is 1.44 bits per heavy atom. The molecule has 4 nitrogen and oxygen atoms in total. The molecular weight excluding hydrogens is 259 g/mol. The quantitative estimate of drug-likeness (QED) is 0.822. The fraction of sp³-hybridized carbons (Fsp3) is 0.333. The number of benzene rings is 1. The minimum absolute atomic E-state index is 0.305. The van der Waals surface area contributed by atoms with Crippen molar-refractivity contribution < 1.29 is 14.0 Å². The third kappa shape index (κ3) is 5.14. The number of hydrogen-bond acceptors (Lipinski definition) is 2. The fourth-order valence-electron chi connectivity index (χ4n) is 1.27. The minimum atomic E-state index is -0.765. The van der Waals surface area contributed by atoms with E-state index in [0.29, 0.717) is 13.0 Å². The second-order valence-electron chi connectivity index (χ2n) is 3.74. The number of amides is 3. The fourth-order valence-corrected chi connectivity index (χ4v) is 1.32. The Hall–Kier alpha value is -1.62. The van der Waals surface area contributed by atoms with Crippen molar-refractivity contribution in [3.8, 4) is 0 Å². The number of imide groups is 1. The third-order valence-corrected chi connectivity index (χ3v) is 2.38. The molecule has 0 saturated heterocycles. The number of urea groups is 1. The van der Waals surface area contributed by atoms with Crippen molar-refractivity contribution in [2.24, 2.45) is 0 Å². The summed E-state index contributed by atoms with van der Waals surface area (Å²) in [5.41, 5.74) is 0.771. The lowest BCUT2D eigenvalue weighted by atomic mass is 10.1. The number of alkyl halides is 1. The first-order chi connectivity index (χ1) is 8.49. The first-order valence-corrected chi connectivity index (χ1v) is 5.90. The Balaban J connectivity index is 2.30. The molecule has 2 N–H and O–H groups in total. The maximum Gasteiger partial charge on any atom is 0.321 e. The predicted octanol–water partition coefficient (Wildman–Crippen LogP) is 1.82. The van der Waals surface area contributed by atoms with Crippen LogP contribution in [0.3, 0.4) is 0 Å². The van der Waals surface area contributed by atoms with E-state index >= 15 is 0 Å². The van der Waals surface area contributed by atoms with Crippen molar-refractivity contribution in [1.82, 2.24) is 10.6 Å². The Labute approximate surface area is 110 Å². The molecule has 0 fully saturated rings. The van der Waals surface area contributed by atoms with E-state index in [1.807, 2.05) is 0 Å². The largest absolute Gasteiger partial charge is 0.337 e. The van der Waals surface area contributed by atoms with Crippen LogP contribution in [0.1, 0.15) is 12.5 Å². The van der Waals surface area contributed by atoms with Crippen molar-refractivity contribution in [3.63, 3.8) is 0 Å². The van der Waals surface area contributed by atoms with Crippen molar-refractivity contribution >= 4 is 23.5 Å². The summed E-state index contributed by atoms with van der Waals surface area (Å²) < 4.78 is 12.9. The molecule has 0 spiro atoms. The number of hydrogen-bond donors (Lipinski definition) is 2.